The number of nitro benzene ring substituents is 1. The molecule has 0 bridgehead atoms. The Kier molecular flexibility index (Phi) is 7.43. The van der Waals surface area contributed by atoms with Crippen LogP contribution >= 0.6 is 11.6 Å². The van der Waals surface area contributed by atoms with Crippen LogP contribution in [-0.4, -0.2) is 55.9 Å². The number of piperazine rings is 1. The second-order valence-electron chi connectivity index (χ2n) is 7.17. The third-order valence-electron chi connectivity index (χ3n) is 5.28. The van der Waals surface area contributed by atoms with Crippen molar-refractivity contribution >= 4 is 27.3 Å². The van der Waals surface area contributed by atoms with Gasteiger partial charge in [-0.15, -0.1) is 0 Å². The molecule has 0 aliphatic carbocycles. The first-order valence-electron chi connectivity index (χ1n) is 9.75. The standard InChI is InChI=1S/C20H25ClN4O4S/c1-2-23-9-11-24(12-10-23)15-17-6-4-3-5-16(17)14-22-30(28,29)20-8-7-18(21)13-19(20)25(26)27/h3-8,13,22H,2,9-12,14-15H2,1H3. The number of nitrogens with one attached hydrogen (secondary N) is 1. The van der Waals surface area contributed by atoms with Gasteiger partial charge < -0.3 is 4.90 Å². The van der Waals surface area contributed by atoms with Crippen molar-refractivity contribution in [1.82, 2.24) is 14.5 Å². The van der Waals surface area contributed by atoms with Crippen molar-refractivity contribution in [1.29, 1.82) is 0 Å². The highest BCUT2D eigenvalue weighted by atomic mass is 35.5. The van der Waals surface area contributed by atoms with Gasteiger partial charge in [0, 0.05) is 50.4 Å². The van der Waals surface area contributed by atoms with Gasteiger partial charge >= 0.3 is 0 Å². The molecule has 3 rings (SSSR count). The fourth-order valence-electron chi connectivity index (χ4n) is 3.50. The molecule has 1 aliphatic heterocycles. The van der Waals surface area contributed by atoms with E-state index < -0.39 is 25.5 Å². The van der Waals surface area contributed by atoms with E-state index in [4.69, 9.17) is 11.6 Å². The molecule has 30 heavy (non-hydrogen) atoms. The van der Waals surface area contributed by atoms with Gasteiger partial charge in [0.2, 0.25) is 10.0 Å². The van der Waals surface area contributed by atoms with Crippen LogP contribution < -0.4 is 4.72 Å². The van der Waals surface area contributed by atoms with Crippen LogP contribution in [-0.2, 0) is 23.1 Å². The van der Waals surface area contributed by atoms with Crippen LogP contribution in [0.1, 0.15) is 18.1 Å². The fraction of sp³-hybridized carbons (Fsp3) is 0.400. The van der Waals surface area contributed by atoms with E-state index in [1.54, 1.807) is 0 Å². The van der Waals surface area contributed by atoms with Gasteiger partial charge in [-0.3, -0.25) is 15.0 Å². The quantitative estimate of drug-likeness (QED) is 0.488. The second kappa shape index (κ2) is 9.84. The minimum atomic E-state index is -4.08. The van der Waals surface area contributed by atoms with Crippen molar-refractivity contribution in [3.63, 3.8) is 0 Å². The molecule has 0 saturated carbocycles. The molecule has 162 valence electrons. The van der Waals surface area contributed by atoms with Crippen LogP contribution in [0.2, 0.25) is 5.02 Å². The maximum absolute atomic E-state index is 12.7. The summed E-state index contributed by atoms with van der Waals surface area (Å²) in [5.41, 5.74) is 1.34. The molecule has 2 aromatic rings. The molecule has 1 aliphatic rings. The fourth-order valence-corrected chi connectivity index (χ4v) is 4.82. The summed E-state index contributed by atoms with van der Waals surface area (Å²) in [4.78, 5) is 14.9. The van der Waals surface area contributed by atoms with E-state index in [1.807, 2.05) is 24.3 Å². The Labute approximate surface area is 181 Å². The lowest BCUT2D eigenvalue weighted by atomic mass is 10.1. The average Bonchev–Trinajstić information content (AvgIpc) is 2.73. The summed E-state index contributed by atoms with van der Waals surface area (Å²) in [5, 5.41) is 11.4. The molecular formula is C20H25ClN4O4S. The number of hydrogen-bond acceptors (Lipinski definition) is 6. The van der Waals surface area contributed by atoms with Crippen molar-refractivity contribution < 1.29 is 13.3 Å². The molecule has 0 aromatic heterocycles. The summed E-state index contributed by atoms with van der Waals surface area (Å²) < 4.78 is 28.0. The molecule has 0 spiro atoms. The number of rotatable bonds is 8. The molecule has 1 heterocycles. The summed E-state index contributed by atoms with van der Waals surface area (Å²) >= 11 is 5.79. The maximum Gasteiger partial charge on any atom is 0.290 e. The predicted octanol–water partition coefficient (Wildman–Crippen LogP) is 2.86. The number of likely N-dealkylation sites (N-methyl/N-ethyl adjacent to an activating group) is 1. The van der Waals surface area contributed by atoms with E-state index in [-0.39, 0.29) is 11.6 Å². The van der Waals surface area contributed by atoms with Gasteiger partial charge in [-0.2, -0.15) is 0 Å². The molecule has 2 aromatic carbocycles. The second-order valence-corrected chi connectivity index (χ2v) is 9.34. The van der Waals surface area contributed by atoms with Crippen molar-refractivity contribution in [2.75, 3.05) is 32.7 Å². The molecule has 1 fully saturated rings. The minimum absolute atomic E-state index is 0.0488. The normalized spacial score (nSPS) is 15.9. The van der Waals surface area contributed by atoms with E-state index >= 15 is 0 Å². The van der Waals surface area contributed by atoms with Gasteiger partial charge in [0.15, 0.2) is 4.90 Å². The average molecular weight is 453 g/mol. The molecule has 0 amide bonds. The summed E-state index contributed by atoms with van der Waals surface area (Å²) in [6.07, 6.45) is 0. The Hall–Kier alpha value is -2.04. The van der Waals surface area contributed by atoms with E-state index in [1.165, 1.54) is 6.07 Å². The van der Waals surface area contributed by atoms with E-state index in [0.717, 1.165) is 62.5 Å². The Bertz CT molecular complexity index is 1010. The van der Waals surface area contributed by atoms with Gasteiger partial charge in [-0.05, 0) is 29.8 Å². The Morgan fingerprint density at radius 1 is 1.07 bits per heavy atom. The number of benzene rings is 2. The summed E-state index contributed by atoms with van der Waals surface area (Å²) in [7, 11) is -4.08. The number of nitrogens with zero attached hydrogens (tertiary/aromatic N) is 3. The van der Waals surface area contributed by atoms with E-state index in [2.05, 4.69) is 21.4 Å². The predicted molar refractivity (Wildman–Crippen MR) is 116 cm³/mol. The van der Waals surface area contributed by atoms with Crippen molar-refractivity contribution in [2.24, 2.45) is 0 Å². The lowest BCUT2D eigenvalue weighted by Gasteiger charge is -2.34. The van der Waals surface area contributed by atoms with Crippen LogP contribution in [0, 0.1) is 10.1 Å². The smallest absolute Gasteiger partial charge is 0.290 e. The Morgan fingerprint density at radius 2 is 1.70 bits per heavy atom. The van der Waals surface area contributed by atoms with Crippen molar-refractivity contribution in [2.45, 2.75) is 24.9 Å². The van der Waals surface area contributed by atoms with Gasteiger partial charge in [-0.25, -0.2) is 13.1 Å². The molecule has 0 unspecified atom stereocenters. The van der Waals surface area contributed by atoms with Crippen LogP contribution in [0.15, 0.2) is 47.4 Å². The first-order chi connectivity index (χ1) is 14.3. The molecular weight excluding hydrogens is 428 g/mol. The van der Waals surface area contributed by atoms with Gasteiger partial charge in [-0.1, -0.05) is 42.8 Å². The number of halogens is 1. The van der Waals surface area contributed by atoms with Gasteiger partial charge in [0.05, 0.1) is 4.92 Å². The first-order valence-corrected chi connectivity index (χ1v) is 11.6. The molecule has 8 nitrogen and oxygen atoms in total. The molecule has 1 N–H and O–H groups in total. The van der Waals surface area contributed by atoms with E-state index in [0.29, 0.717) is 0 Å². The van der Waals surface area contributed by atoms with E-state index in [9.17, 15) is 18.5 Å². The molecule has 0 atom stereocenters. The highest BCUT2D eigenvalue weighted by molar-refractivity contribution is 7.89. The zero-order valence-corrected chi connectivity index (χ0v) is 18.3. The van der Waals surface area contributed by atoms with Crippen LogP contribution in [0.3, 0.4) is 0 Å². The van der Waals surface area contributed by atoms with Gasteiger partial charge in [0.25, 0.3) is 5.69 Å². The number of nitro groups is 1. The van der Waals surface area contributed by atoms with Crippen molar-refractivity contribution in [3.05, 3.63) is 68.7 Å². The van der Waals surface area contributed by atoms with Crippen molar-refractivity contribution in [3.8, 4) is 0 Å². The largest absolute Gasteiger partial charge is 0.301 e. The number of hydrogen-bond donors (Lipinski definition) is 1. The van der Waals surface area contributed by atoms with Gasteiger partial charge in [0.1, 0.15) is 0 Å². The Morgan fingerprint density at radius 3 is 2.33 bits per heavy atom. The number of sulfonamides is 1. The minimum Gasteiger partial charge on any atom is -0.301 e. The third kappa shape index (κ3) is 5.55. The molecule has 0 radical (unpaired) electrons. The maximum atomic E-state index is 12.7. The highest BCUT2D eigenvalue weighted by Crippen LogP contribution is 2.27. The van der Waals surface area contributed by atoms with Crippen LogP contribution in [0.25, 0.3) is 0 Å². The zero-order valence-electron chi connectivity index (χ0n) is 16.8. The SMILES string of the molecule is CCN1CCN(Cc2ccccc2CNS(=O)(=O)c2ccc(Cl)cc2[N+](=O)[O-])CC1. The lowest BCUT2D eigenvalue weighted by molar-refractivity contribution is -0.387. The van der Waals surface area contributed by atoms with Crippen LogP contribution in [0.4, 0.5) is 5.69 Å². The molecule has 10 heteroatoms. The first kappa shape index (κ1) is 22.6. The summed E-state index contributed by atoms with van der Waals surface area (Å²) in [5.74, 6) is 0. The third-order valence-corrected chi connectivity index (χ3v) is 6.97. The monoisotopic (exact) mass is 452 g/mol. The summed E-state index contributed by atoms with van der Waals surface area (Å²) in [6.45, 7) is 7.95. The highest BCUT2D eigenvalue weighted by Gasteiger charge is 2.26. The topological polar surface area (TPSA) is 95.8 Å². The molecule has 1 saturated heterocycles. The Balaban J connectivity index is 1.73. The summed E-state index contributed by atoms with van der Waals surface area (Å²) in [6, 6.07) is 11.2. The zero-order chi connectivity index (χ0) is 21.7. The van der Waals surface area contributed by atoms with Crippen LogP contribution in [0.5, 0.6) is 0 Å². The lowest BCUT2D eigenvalue weighted by Crippen LogP contribution is -2.45.